The van der Waals surface area contributed by atoms with Crippen molar-refractivity contribution in [2.75, 3.05) is 0 Å². The minimum Gasteiger partial charge on any atom is -0.428 e. The van der Waals surface area contributed by atoms with E-state index in [2.05, 4.69) is 11.3 Å². The summed E-state index contributed by atoms with van der Waals surface area (Å²) in [4.78, 5) is 10.1. The maximum absolute atomic E-state index is 11.8. The summed E-state index contributed by atoms with van der Waals surface area (Å²) in [7, 11) is 0. The lowest BCUT2D eigenvalue weighted by molar-refractivity contribution is -0.134. The van der Waals surface area contributed by atoms with Crippen molar-refractivity contribution in [2.24, 2.45) is 0 Å². The molecule has 0 saturated heterocycles. The molecule has 0 fully saturated rings. The molecule has 0 spiro atoms. The van der Waals surface area contributed by atoms with Crippen LogP contribution in [-0.4, -0.2) is 12.1 Å². The van der Waals surface area contributed by atoms with E-state index in [0.717, 1.165) is 0 Å². The van der Waals surface area contributed by atoms with Crippen molar-refractivity contribution >= 4 is 5.97 Å². The standard InChI is InChI=1S/C6H4F4O2/c1-2-5(11)12-3-4(7)6(8,9)10/h2-3H,1H2/b4-3-. The van der Waals surface area contributed by atoms with Gasteiger partial charge in [0.05, 0.1) is 0 Å². The van der Waals surface area contributed by atoms with Gasteiger partial charge in [0.25, 0.3) is 0 Å². The highest BCUT2D eigenvalue weighted by Gasteiger charge is 2.35. The van der Waals surface area contributed by atoms with E-state index in [-0.39, 0.29) is 6.26 Å². The van der Waals surface area contributed by atoms with Crippen LogP contribution in [0.5, 0.6) is 0 Å². The zero-order valence-corrected chi connectivity index (χ0v) is 5.69. The van der Waals surface area contributed by atoms with Crippen LogP contribution < -0.4 is 0 Å². The molecule has 6 heteroatoms. The first-order valence-corrected chi connectivity index (χ1v) is 2.64. The van der Waals surface area contributed by atoms with E-state index in [1.165, 1.54) is 0 Å². The van der Waals surface area contributed by atoms with E-state index in [1.54, 1.807) is 0 Å². The van der Waals surface area contributed by atoms with Gasteiger partial charge in [0.1, 0.15) is 6.26 Å². The first-order valence-electron chi connectivity index (χ1n) is 2.64. The van der Waals surface area contributed by atoms with Crippen molar-refractivity contribution in [3.8, 4) is 0 Å². The maximum atomic E-state index is 11.8. The van der Waals surface area contributed by atoms with Crippen molar-refractivity contribution in [1.82, 2.24) is 0 Å². The fourth-order valence-electron chi connectivity index (χ4n) is 0.225. The van der Waals surface area contributed by atoms with E-state index in [4.69, 9.17) is 0 Å². The first-order chi connectivity index (χ1) is 5.38. The molecule has 0 aromatic heterocycles. The zero-order valence-electron chi connectivity index (χ0n) is 5.69. The van der Waals surface area contributed by atoms with Gasteiger partial charge in [0.15, 0.2) is 0 Å². The van der Waals surface area contributed by atoms with Gasteiger partial charge in [-0.25, -0.2) is 4.79 Å². The van der Waals surface area contributed by atoms with Gasteiger partial charge in [0.2, 0.25) is 5.83 Å². The Morgan fingerprint density at radius 2 is 1.92 bits per heavy atom. The largest absolute Gasteiger partial charge is 0.446 e. The van der Waals surface area contributed by atoms with Crippen molar-refractivity contribution in [1.29, 1.82) is 0 Å². The second-order valence-corrected chi connectivity index (χ2v) is 1.60. The fourth-order valence-corrected chi connectivity index (χ4v) is 0.225. The third-order valence-corrected chi connectivity index (χ3v) is 0.716. The molecule has 68 valence electrons. The van der Waals surface area contributed by atoms with E-state index >= 15 is 0 Å². The van der Waals surface area contributed by atoms with Gasteiger partial charge in [-0.2, -0.15) is 17.6 Å². The molecular formula is C6H4F4O2. The molecule has 0 unspecified atom stereocenters. The number of allylic oxidation sites excluding steroid dienone is 1. The number of rotatable bonds is 2. The zero-order chi connectivity index (χ0) is 9.78. The van der Waals surface area contributed by atoms with Gasteiger partial charge in [-0.3, -0.25) is 0 Å². The summed E-state index contributed by atoms with van der Waals surface area (Å²) in [5, 5.41) is 0. The predicted octanol–water partition coefficient (Wildman–Crippen LogP) is 2.09. The lowest BCUT2D eigenvalue weighted by Gasteiger charge is -2.01. The van der Waals surface area contributed by atoms with Crippen LogP contribution in [0.2, 0.25) is 0 Å². The molecule has 0 aliphatic heterocycles. The van der Waals surface area contributed by atoms with Crippen LogP contribution >= 0.6 is 0 Å². The Bertz CT molecular complexity index is 216. The average Bonchev–Trinajstić information content (AvgIpc) is 1.97. The number of hydrogen-bond acceptors (Lipinski definition) is 2. The molecule has 0 N–H and O–H groups in total. The molecule has 0 radical (unpaired) electrons. The quantitative estimate of drug-likeness (QED) is 0.284. The number of esters is 1. The summed E-state index contributed by atoms with van der Waals surface area (Å²) in [5.74, 6) is -3.63. The van der Waals surface area contributed by atoms with E-state index in [0.29, 0.717) is 6.08 Å². The average molecular weight is 184 g/mol. The minimum absolute atomic E-state index is 0.315. The Morgan fingerprint density at radius 1 is 1.42 bits per heavy atom. The number of carbonyl (C=O) groups is 1. The highest BCUT2D eigenvalue weighted by atomic mass is 19.4. The second kappa shape index (κ2) is 3.89. The Hall–Kier alpha value is -1.33. The Labute approximate surface area is 65.1 Å². The molecule has 0 heterocycles. The molecule has 0 aliphatic rings. The summed E-state index contributed by atoms with van der Waals surface area (Å²) in [6, 6.07) is 0. The highest BCUT2D eigenvalue weighted by Crippen LogP contribution is 2.26. The molecule has 0 saturated carbocycles. The third-order valence-electron chi connectivity index (χ3n) is 0.716. The molecule has 0 rings (SSSR count). The molecule has 12 heavy (non-hydrogen) atoms. The number of ether oxygens (including phenoxy) is 1. The van der Waals surface area contributed by atoms with Gasteiger partial charge in [-0.15, -0.1) is 0 Å². The van der Waals surface area contributed by atoms with Crippen LogP contribution in [0.25, 0.3) is 0 Å². The van der Waals surface area contributed by atoms with Crippen molar-refractivity contribution in [2.45, 2.75) is 6.18 Å². The van der Waals surface area contributed by atoms with E-state index < -0.39 is 18.0 Å². The number of carbonyl (C=O) groups excluding carboxylic acids is 1. The van der Waals surface area contributed by atoms with Crippen LogP contribution in [0.3, 0.4) is 0 Å². The van der Waals surface area contributed by atoms with Crippen LogP contribution in [0.4, 0.5) is 17.6 Å². The minimum atomic E-state index is -5.12. The second-order valence-electron chi connectivity index (χ2n) is 1.60. The van der Waals surface area contributed by atoms with Crippen LogP contribution in [0.1, 0.15) is 0 Å². The van der Waals surface area contributed by atoms with Crippen LogP contribution in [0, 0.1) is 0 Å². The van der Waals surface area contributed by atoms with E-state index in [1.807, 2.05) is 0 Å². The lowest BCUT2D eigenvalue weighted by Crippen LogP contribution is -2.09. The molecule has 0 amide bonds. The van der Waals surface area contributed by atoms with Gasteiger partial charge in [-0.05, 0) is 0 Å². The number of alkyl halides is 3. The van der Waals surface area contributed by atoms with Gasteiger partial charge in [0, 0.05) is 6.08 Å². The summed E-state index contributed by atoms with van der Waals surface area (Å²) >= 11 is 0. The Balaban J connectivity index is 4.20. The summed E-state index contributed by atoms with van der Waals surface area (Å²) in [6.07, 6.45) is -4.83. The highest BCUT2D eigenvalue weighted by molar-refractivity contribution is 5.81. The SMILES string of the molecule is C=CC(=O)O/C=C(\F)C(F)(F)F. The number of halogens is 4. The molecule has 2 nitrogen and oxygen atoms in total. The Morgan fingerprint density at radius 3 is 2.25 bits per heavy atom. The van der Waals surface area contributed by atoms with Crippen LogP contribution in [-0.2, 0) is 9.53 Å². The van der Waals surface area contributed by atoms with Crippen molar-refractivity contribution in [3.63, 3.8) is 0 Å². The molecule has 0 bridgehead atoms. The topological polar surface area (TPSA) is 26.3 Å². The molecule has 0 aliphatic carbocycles. The Kier molecular flexibility index (Phi) is 3.46. The van der Waals surface area contributed by atoms with Crippen molar-refractivity contribution in [3.05, 3.63) is 24.7 Å². The molecule has 0 aromatic carbocycles. The summed E-state index contributed by atoms with van der Waals surface area (Å²) in [6.45, 7) is 2.89. The fraction of sp³-hybridized carbons (Fsp3) is 0.167. The van der Waals surface area contributed by atoms with E-state index in [9.17, 15) is 22.4 Å². The predicted molar refractivity (Wildman–Crippen MR) is 31.5 cm³/mol. The monoisotopic (exact) mass is 184 g/mol. The molecule has 0 aromatic rings. The lowest BCUT2D eigenvalue weighted by atomic mass is 10.6. The van der Waals surface area contributed by atoms with Crippen molar-refractivity contribution < 1.29 is 27.1 Å². The van der Waals surface area contributed by atoms with Gasteiger partial charge < -0.3 is 4.74 Å². The third kappa shape index (κ3) is 3.75. The molecule has 0 atom stereocenters. The summed E-state index contributed by atoms with van der Waals surface area (Å²) in [5.41, 5.74) is 0. The van der Waals surface area contributed by atoms with Gasteiger partial charge in [-0.1, -0.05) is 6.58 Å². The number of hydrogen-bond donors (Lipinski definition) is 0. The van der Waals surface area contributed by atoms with Gasteiger partial charge >= 0.3 is 12.1 Å². The molecular weight excluding hydrogens is 180 g/mol. The maximum Gasteiger partial charge on any atom is 0.446 e. The first kappa shape index (κ1) is 10.7. The normalized spacial score (nSPS) is 12.5. The smallest absolute Gasteiger partial charge is 0.428 e. The van der Waals surface area contributed by atoms with Crippen LogP contribution in [0.15, 0.2) is 24.7 Å². The summed E-state index contributed by atoms with van der Waals surface area (Å²) < 4.78 is 49.5.